The molecule has 2 aromatic rings. The van der Waals surface area contributed by atoms with E-state index in [9.17, 15) is 4.79 Å². The van der Waals surface area contributed by atoms with Crippen molar-refractivity contribution in [3.05, 3.63) is 54.1 Å². The molecule has 0 bridgehead atoms. The Morgan fingerprint density at radius 1 is 1.18 bits per heavy atom. The summed E-state index contributed by atoms with van der Waals surface area (Å²) < 4.78 is 5.49. The SMILES string of the molecule is CNC(=O)[C@@]1(Cc2ccc(-c3ccccc3OC)cc2)CCN(CC2CC2)C1. The van der Waals surface area contributed by atoms with Crippen LogP contribution in [0.15, 0.2) is 48.5 Å². The van der Waals surface area contributed by atoms with Crippen molar-refractivity contribution in [1.82, 2.24) is 10.2 Å². The molecular weight excluding hydrogens is 348 g/mol. The predicted molar refractivity (Wildman–Crippen MR) is 112 cm³/mol. The highest BCUT2D eigenvalue weighted by Gasteiger charge is 2.44. The van der Waals surface area contributed by atoms with Crippen LogP contribution in [0.1, 0.15) is 24.8 Å². The molecule has 148 valence electrons. The summed E-state index contributed by atoms with van der Waals surface area (Å²) in [5.41, 5.74) is 3.14. The van der Waals surface area contributed by atoms with Crippen LogP contribution < -0.4 is 10.1 Å². The Labute approximate surface area is 167 Å². The summed E-state index contributed by atoms with van der Waals surface area (Å²) in [6, 6.07) is 16.7. The lowest BCUT2D eigenvalue weighted by molar-refractivity contribution is -0.130. The lowest BCUT2D eigenvalue weighted by Crippen LogP contribution is -2.43. The molecule has 1 N–H and O–H groups in total. The number of nitrogens with zero attached hydrogens (tertiary/aromatic N) is 1. The Balaban J connectivity index is 1.52. The number of amides is 1. The van der Waals surface area contributed by atoms with E-state index in [0.29, 0.717) is 0 Å². The predicted octanol–water partition coefficient (Wildman–Crippen LogP) is 3.75. The maximum absolute atomic E-state index is 12.8. The average Bonchev–Trinajstić information content (AvgIpc) is 3.46. The van der Waals surface area contributed by atoms with Crippen LogP contribution in [0.25, 0.3) is 11.1 Å². The van der Waals surface area contributed by atoms with Gasteiger partial charge in [0.1, 0.15) is 5.75 Å². The number of hydrogen-bond donors (Lipinski definition) is 1. The van der Waals surface area contributed by atoms with Crippen molar-refractivity contribution >= 4 is 5.91 Å². The van der Waals surface area contributed by atoms with Crippen LogP contribution in [0.4, 0.5) is 0 Å². The Morgan fingerprint density at radius 3 is 2.61 bits per heavy atom. The summed E-state index contributed by atoms with van der Waals surface area (Å²) in [4.78, 5) is 15.3. The van der Waals surface area contributed by atoms with E-state index in [2.05, 4.69) is 40.5 Å². The van der Waals surface area contributed by atoms with Gasteiger partial charge in [-0.2, -0.15) is 0 Å². The first-order valence-corrected chi connectivity index (χ1v) is 10.3. The molecule has 4 nitrogen and oxygen atoms in total. The summed E-state index contributed by atoms with van der Waals surface area (Å²) in [6.07, 6.45) is 4.44. The largest absolute Gasteiger partial charge is 0.496 e. The zero-order chi connectivity index (χ0) is 19.6. The quantitative estimate of drug-likeness (QED) is 0.798. The summed E-state index contributed by atoms with van der Waals surface area (Å²) >= 11 is 0. The van der Waals surface area contributed by atoms with Crippen molar-refractivity contribution in [3.63, 3.8) is 0 Å². The Hall–Kier alpha value is -2.33. The van der Waals surface area contributed by atoms with E-state index in [4.69, 9.17) is 4.74 Å². The van der Waals surface area contributed by atoms with Gasteiger partial charge in [-0.25, -0.2) is 0 Å². The van der Waals surface area contributed by atoms with Crippen molar-refractivity contribution in [1.29, 1.82) is 0 Å². The Morgan fingerprint density at radius 2 is 1.93 bits per heavy atom. The van der Waals surface area contributed by atoms with E-state index in [1.165, 1.54) is 18.4 Å². The van der Waals surface area contributed by atoms with Crippen LogP contribution >= 0.6 is 0 Å². The van der Waals surface area contributed by atoms with Crippen LogP contribution in [-0.2, 0) is 11.2 Å². The Kier molecular flexibility index (Phi) is 5.40. The fourth-order valence-electron chi connectivity index (χ4n) is 4.53. The molecule has 2 aliphatic rings. The van der Waals surface area contributed by atoms with E-state index in [-0.39, 0.29) is 11.3 Å². The zero-order valence-corrected chi connectivity index (χ0v) is 16.9. The van der Waals surface area contributed by atoms with Gasteiger partial charge in [0.25, 0.3) is 0 Å². The first-order chi connectivity index (χ1) is 13.6. The lowest BCUT2D eigenvalue weighted by atomic mass is 9.79. The van der Waals surface area contributed by atoms with E-state index in [0.717, 1.165) is 55.3 Å². The van der Waals surface area contributed by atoms with Gasteiger partial charge in [0.2, 0.25) is 5.91 Å². The van der Waals surface area contributed by atoms with Gasteiger partial charge in [-0.05, 0) is 55.3 Å². The molecule has 0 radical (unpaired) electrons. The van der Waals surface area contributed by atoms with Gasteiger partial charge >= 0.3 is 0 Å². The molecule has 2 aromatic carbocycles. The van der Waals surface area contributed by atoms with Gasteiger partial charge in [0.15, 0.2) is 0 Å². The first-order valence-electron chi connectivity index (χ1n) is 10.3. The van der Waals surface area contributed by atoms with E-state index < -0.39 is 0 Å². The highest BCUT2D eigenvalue weighted by molar-refractivity contribution is 5.83. The molecule has 0 spiro atoms. The minimum Gasteiger partial charge on any atom is -0.496 e. The van der Waals surface area contributed by atoms with Crippen LogP contribution in [0.2, 0.25) is 0 Å². The van der Waals surface area contributed by atoms with Crippen molar-refractivity contribution in [2.24, 2.45) is 11.3 Å². The molecule has 1 atom stereocenters. The van der Waals surface area contributed by atoms with Gasteiger partial charge in [0.05, 0.1) is 12.5 Å². The third-order valence-electron chi connectivity index (χ3n) is 6.27. The molecule has 1 aliphatic heterocycles. The molecule has 1 amide bonds. The van der Waals surface area contributed by atoms with Gasteiger partial charge in [-0.1, -0.05) is 42.5 Å². The van der Waals surface area contributed by atoms with Crippen LogP contribution in [0.3, 0.4) is 0 Å². The van der Waals surface area contributed by atoms with Crippen molar-refractivity contribution in [2.45, 2.75) is 25.7 Å². The number of rotatable bonds is 7. The van der Waals surface area contributed by atoms with Gasteiger partial charge in [0, 0.05) is 25.7 Å². The van der Waals surface area contributed by atoms with Gasteiger partial charge < -0.3 is 15.0 Å². The number of para-hydroxylation sites is 1. The summed E-state index contributed by atoms with van der Waals surface area (Å²) in [7, 11) is 3.46. The first kappa shape index (κ1) is 19.0. The smallest absolute Gasteiger partial charge is 0.227 e. The van der Waals surface area contributed by atoms with Crippen LogP contribution in [-0.4, -0.2) is 44.6 Å². The highest BCUT2D eigenvalue weighted by Crippen LogP contribution is 2.38. The number of hydrogen-bond acceptors (Lipinski definition) is 3. The second-order valence-electron chi connectivity index (χ2n) is 8.36. The highest BCUT2D eigenvalue weighted by atomic mass is 16.5. The van der Waals surface area contributed by atoms with Crippen molar-refractivity contribution < 1.29 is 9.53 Å². The number of methoxy groups -OCH3 is 1. The topological polar surface area (TPSA) is 41.6 Å². The molecule has 4 heteroatoms. The normalized spacial score (nSPS) is 22.2. The molecular formula is C24H30N2O2. The molecule has 0 aromatic heterocycles. The second-order valence-corrected chi connectivity index (χ2v) is 8.36. The fourth-order valence-corrected chi connectivity index (χ4v) is 4.53. The number of likely N-dealkylation sites (tertiary alicyclic amines) is 1. The lowest BCUT2D eigenvalue weighted by Gasteiger charge is -2.28. The number of carbonyl (C=O) groups is 1. The number of ether oxygens (including phenoxy) is 1. The Bertz CT molecular complexity index is 829. The average molecular weight is 379 g/mol. The monoisotopic (exact) mass is 378 g/mol. The third-order valence-corrected chi connectivity index (χ3v) is 6.27. The maximum Gasteiger partial charge on any atom is 0.227 e. The molecule has 1 saturated heterocycles. The standard InChI is InChI=1S/C24H30N2O2/c1-25-23(27)24(13-14-26(17-24)16-19-7-8-19)15-18-9-11-20(12-10-18)21-5-3-4-6-22(21)28-2/h3-6,9-12,19H,7-8,13-17H2,1-2H3,(H,25,27)/t24-/m1/s1. The molecule has 1 saturated carbocycles. The molecule has 2 fully saturated rings. The third kappa shape index (κ3) is 3.93. The molecule has 1 aliphatic carbocycles. The van der Waals surface area contributed by atoms with Crippen molar-refractivity contribution in [3.8, 4) is 16.9 Å². The van der Waals surface area contributed by atoms with E-state index in [1.54, 1.807) is 14.2 Å². The molecule has 0 unspecified atom stereocenters. The maximum atomic E-state index is 12.8. The van der Waals surface area contributed by atoms with E-state index >= 15 is 0 Å². The summed E-state index contributed by atoms with van der Waals surface area (Å²) in [5.74, 6) is 1.92. The van der Waals surface area contributed by atoms with Gasteiger partial charge in [-0.3, -0.25) is 4.79 Å². The summed E-state index contributed by atoms with van der Waals surface area (Å²) in [5, 5.41) is 2.93. The van der Waals surface area contributed by atoms with Crippen LogP contribution in [0.5, 0.6) is 5.75 Å². The number of benzene rings is 2. The van der Waals surface area contributed by atoms with Crippen molar-refractivity contribution in [2.75, 3.05) is 33.8 Å². The molecule has 28 heavy (non-hydrogen) atoms. The zero-order valence-electron chi connectivity index (χ0n) is 16.9. The minimum absolute atomic E-state index is 0.180. The second kappa shape index (κ2) is 7.96. The van der Waals surface area contributed by atoms with E-state index in [1.807, 2.05) is 18.2 Å². The van der Waals surface area contributed by atoms with Crippen LogP contribution in [0, 0.1) is 11.3 Å². The molecule has 1 heterocycles. The minimum atomic E-state index is -0.310. The fraction of sp³-hybridized carbons (Fsp3) is 0.458. The number of nitrogens with one attached hydrogen (secondary N) is 1. The van der Waals surface area contributed by atoms with Gasteiger partial charge in [-0.15, -0.1) is 0 Å². The number of carbonyl (C=O) groups excluding carboxylic acids is 1. The summed E-state index contributed by atoms with van der Waals surface area (Å²) in [6.45, 7) is 3.06. The molecule has 4 rings (SSSR count).